The standard InChI is InChI=1S/C34H42F5N7/c1-5-23-7-6-8-29(31(23)22(2)3)41-32-27(34(37,38)39)21-40-33(43-32)42-28-10-9-26(19-24(28)20-30(35)36)45-13-11-25(12-14-45)46-17-15-44(4)16-18-46/h6-10,19,21,25,30H,2,5,11-18,20H2,1,3-4H3,(H2,40,41,42,43). The number of piperidine rings is 1. The van der Waals surface area contributed by atoms with Crippen molar-refractivity contribution >= 4 is 34.4 Å². The van der Waals surface area contributed by atoms with Gasteiger partial charge in [-0.25, -0.2) is 13.8 Å². The zero-order chi connectivity index (χ0) is 33.0. The predicted octanol–water partition coefficient (Wildman–Crippen LogP) is 7.60. The van der Waals surface area contributed by atoms with Crippen LogP contribution in [0.5, 0.6) is 0 Å². The molecule has 2 aliphatic rings. The first kappa shape index (κ1) is 33.6. The Hall–Kier alpha value is -3.77. The number of anilines is 5. The van der Waals surface area contributed by atoms with E-state index >= 15 is 0 Å². The molecule has 2 fully saturated rings. The average Bonchev–Trinajstić information content (AvgIpc) is 3.01. The minimum absolute atomic E-state index is 0.143. The lowest BCUT2D eigenvalue weighted by atomic mass is 9.98. The van der Waals surface area contributed by atoms with Crippen LogP contribution in [0.1, 0.15) is 48.9 Å². The largest absolute Gasteiger partial charge is 0.421 e. The van der Waals surface area contributed by atoms with E-state index < -0.39 is 30.4 Å². The van der Waals surface area contributed by atoms with Crippen molar-refractivity contribution in [3.8, 4) is 0 Å². The molecule has 1 aromatic heterocycles. The van der Waals surface area contributed by atoms with E-state index in [1.54, 1.807) is 31.2 Å². The Morgan fingerprint density at radius 3 is 2.33 bits per heavy atom. The van der Waals surface area contributed by atoms with Crippen molar-refractivity contribution < 1.29 is 22.0 Å². The van der Waals surface area contributed by atoms with Crippen LogP contribution in [0, 0.1) is 0 Å². The summed E-state index contributed by atoms with van der Waals surface area (Å²) in [6, 6.07) is 11.1. The van der Waals surface area contributed by atoms with Crippen molar-refractivity contribution in [2.75, 3.05) is 61.8 Å². The highest BCUT2D eigenvalue weighted by molar-refractivity contribution is 5.80. The molecule has 248 valence electrons. The van der Waals surface area contributed by atoms with Gasteiger partial charge in [-0.3, -0.25) is 4.90 Å². The first-order valence-corrected chi connectivity index (χ1v) is 15.8. The summed E-state index contributed by atoms with van der Waals surface area (Å²) in [5.74, 6) is -0.591. The Morgan fingerprint density at radius 1 is 0.978 bits per heavy atom. The van der Waals surface area contributed by atoms with Gasteiger partial charge in [-0.1, -0.05) is 25.6 Å². The summed E-state index contributed by atoms with van der Waals surface area (Å²) in [4.78, 5) is 15.2. The second kappa shape index (κ2) is 14.3. The molecule has 2 saturated heterocycles. The molecular weight excluding hydrogens is 601 g/mol. The van der Waals surface area contributed by atoms with E-state index in [0.29, 0.717) is 46.7 Å². The fourth-order valence-corrected chi connectivity index (χ4v) is 6.41. The van der Waals surface area contributed by atoms with E-state index in [0.717, 1.165) is 63.4 Å². The van der Waals surface area contributed by atoms with Crippen LogP contribution in [0.3, 0.4) is 0 Å². The highest BCUT2D eigenvalue weighted by Gasteiger charge is 2.36. The normalized spacial score (nSPS) is 17.0. The topological polar surface area (TPSA) is 59.6 Å². The molecule has 0 aliphatic carbocycles. The maximum Gasteiger partial charge on any atom is 0.421 e. The molecule has 5 rings (SSSR count). The van der Waals surface area contributed by atoms with E-state index in [1.165, 1.54) is 0 Å². The van der Waals surface area contributed by atoms with E-state index in [-0.39, 0.29) is 5.95 Å². The molecule has 0 spiro atoms. The van der Waals surface area contributed by atoms with Crippen LogP contribution in [0.4, 0.5) is 50.8 Å². The molecule has 0 amide bonds. The lowest BCUT2D eigenvalue weighted by Gasteiger charge is -2.42. The number of nitrogens with one attached hydrogen (secondary N) is 2. The molecular formula is C34H42F5N7. The van der Waals surface area contributed by atoms with Crippen molar-refractivity contribution in [3.63, 3.8) is 0 Å². The number of rotatable bonds is 10. The smallest absolute Gasteiger partial charge is 0.371 e. The zero-order valence-corrected chi connectivity index (χ0v) is 26.6. The van der Waals surface area contributed by atoms with Gasteiger partial charge in [0, 0.05) is 80.6 Å². The summed E-state index contributed by atoms with van der Waals surface area (Å²) >= 11 is 0. The van der Waals surface area contributed by atoms with Crippen LogP contribution in [-0.4, -0.2) is 78.6 Å². The van der Waals surface area contributed by atoms with E-state index in [4.69, 9.17) is 0 Å². The highest BCUT2D eigenvalue weighted by atomic mass is 19.4. The van der Waals surface area contributed by atoms with E-state index in [1.807, 2.05) is 19.1 Å². The van der Waals surface area contributed by atoms with Crippen molar-refractivity contribution in [2.24, 2.45) is 0 Å². The SMILES string of the molecule is C=C(C)c1c(CC)cccc1Nc1nc(Nc2ccc(N3CCC(N4CCN(C)CC4)CC3)cc2CC(F)F)ncc1C(F)(F)F. The van der Waals surface area contributed by atoms with Gasteiger partial charge in [0.05, 0.1) is 0 Å². The number of hydrogen-bond acceptors (Lipinski definition) is 7. The lowest BCUT2D eigenvalue weighted by Crippen LogP contribution is -2.52. The van der Waals surface area contributed by atoms with Gasteiger partial charge < -0.3 is 20.4 Å². The zero-order valence-electron chi connectivity index (χ0n) is 26.6. The van der Waals surface area contributed by atoms with Gasteiger partial charge in [-0.2, -0.15) is 18.2 Å². The Morgan fingerprint density at radius 2 is 1.70 bits per heavy atom. The minimum atomic E-state index is -4.73. The van der Waals surface area contributed by atoms with Crippen molar-refractivity contribution in [1.82, 2.24) is 19.8 Å². The lowest BCUT2D eigenvalue weighted by molar-refractivity contribution is -0.137. The van der Waals surface area contributed by atoms with Gasteiger partial charge in [-0.15, -0.1) is 0 Å². The van der Waals surface area contributed by atoms with Gasteiger partial charge in [0.2, 0.25) is 12.4 Å². The summed E-state index contributed by atoms with van der Waals surface area (Å²) in [7, 11) is 2.14. The second-order valence-electron chi connectivity index (χ2n) is 12.2. The molecule has 12 heteroatoms. The molecule has 7 nitrogen and oxygen atoms in total. The molecule has 46 heavy (non-hydrogen) atoms. The van der Waals surface area contributed by atoms with E-state index in [2.05, 4.69) is 48.9 Å². The van der Waals surface area contributed by atoms with Gasteiger partial charge in [0.15, 0.2) is 0 Å². The Bertz CT molecular complexity index is 1510. The van der Waals surface area contributed by atoms with E-state index in [9.17, 15) is 22.0 Å². The van der Waals surface area contributed by atoms with Crippen molar-refractivity contribution in [1.29, 1.82) is 0 Å². The van der Waals surface area contributed by atoms with Crippen molar-refractivity contribution in [3.05, 3.63) is 71.4 Å². The molecule has 2 aliphatic heterocycles. The number of halogens is 5. The fourth-order valence-electron chi connectivity index (χ4n) is 6.41. The molecule has 2 N–H and O–H groups in total. The molecule has 3 heterocycles. The number of nitrogens with zero attached hydrogens (tertiary/aromatic N) is 5. The number of alkyl halides is 5. The third-order valence-electron chi connectivity index (χ3n) is 8.90. The summed E-state index contributed by atoms with van der Waals surface area (Å²) in [6.45, 7) is 13.6. The average molecular weight is 644 g/mol. The Balaban J connectivity index is 1.38. The van der Waals surface area contributed by atoms with Crippen LogP contribution in [0.25, 0.3) is 5.57 Å². The third kappa shape index (κ3) is 7.95. The number of piperazine rings is 1. The molecule has 0 saturated carbocycles. The number of aryl methyl sites for hydroxylation is 1. The maximum atomic E-state index is 14.0. The maximum absolute atomic E-state index is 14.0. The van der Waals surface area contributed by atoms with Crippen LogP contribution in [-0.2, 0) is 19.0 Å². The highest BCUT2D eigenvalue weighted by Crippen LogP contribution is 2.38. The van der Waals surface area contributed by atoms with Gasteiger partial charge >= 0.3 is 6.18 Å². The predicted molar refractivity (Wildman–Crippen MR) is 175 cm³/mol. The fraction of sp³-hybridized carbons (Fsp3) is 0.471. The molecule has 0 bridgehead atoms. The van der Waals surface area contributed by atoms with Crippen LogP contribution in [0.15, 0.2) is 49.2 Å². The first-order chi connectivity index (χ1) is 21.9. The Kier molecular flexibility index (Phi) is 10.5. The molecule has 0 unspecified atom stereocenters. The number of likely N-dealkylation sites (N-methyl/N-ethyl adjacent to an activating group) is 1. The molecule has 2 aromatic carbocycles. The van der Waals surface area contributed by atoms with Gasteiger partial charge in [-0.05, 0) is 74.2 Å². The number of hydrogen-bond donors (Lipinski definition) is 2. The quantitative estimate of drug-likeness (QED) is 0.221. The van der Waals surface area contributed by atoms with Crippen LogP contribution in [0.2, 0.25) is 0 Å². The minimum Gasteiger partial charge on any atom is -0.371 e. The van der Waals surface area contributed by atoms with Crippen molar-refractivity contribution in [2.45, 2.75) is 58.2 Å². The summed E-state index contributed by atoms with van der Waals surface area (Å²) in [6.07, 6.45) is -4.51. The van der Waals surface area contributed by atoms with Crippen LogP contribution < -0.4 is 15.5 Å². The second-order valence-corrected chi connectivity index (χ2v) is 12.2. The monoisotopic (exact) mass is 643 g/mol. The van der Waals surface area contributed by atoms with Crippen LogP contribution >= 0.6 is 0 Å². The third-order valence-corrected chi connectivity index (χ3v) is 8.90. The Labute approximate surface area is 267 Å². The summed E-state index contributed by atoms with van der Waals surface area (Å²) in [5, 5.41) is 5.77. The number of aromatic nitrogens is 2. The molecule has 0 atom stereocenters. The summed E-state index contributed by atoms with van der Waals surface area (Å²) < 4.78 is 69.6. The summed E-state index contributed by atoms with van der Waals surface area (Å²) in [5.41, 5.74) is 3.23. The van der Waals surface area contributed by atoms with Gasteiger partial charge in [0.25, 0.3) is 0 Å². The van der Waals surface area contributed by atoms with Gasteiger partial charge in [0.1, 0.15) is 11.4 Å². The molecule has 0 radical (unpaired) electrons. The number of benzene rings is 2. The number of allylic oxidation sites excluding steroid dienone is 1. The first-order valence-electron chi connectivity index (χ1n) is 15.8. The molecule has 3 aromatic rings.